The van der Waals surface area contributed by atoms with Gasteiger partial charge in [0.05, 0.1) is 0 Å². The maximum atomic E-state index is 11.0. The van der Waals surface area contributed by atoms with Crippen LogP contribution in [0.4, 0.5) is 0 Å². The van der Waals surface area contributed by atoms with Gasteiger partial charge >= 0.3 is 0 Å². The summed E-state index contributed by atoms with van der Waals surface area (Å²) in [5.74, 6) is 0. The van der Waals surface area contributed by atoms with Crippen molar-refractivity contribution in [3.05, 3.63) is 34.3 Å². The SMILES string of the molecule is O=CC1(Cc2ccc(Br)cc2)CCC1. The van der Waals surface area contributed by atoms with Crippen LogP contribution < -0.4 is 0 Å². The van der Waals surface area contributed by atoms with Crippen molar-refractivity contribution in [1.82, 2.24) is 0 Å². The molecule has 1 nitrogen and oxygen atoms in total. The molecule has 1 aromatic rings. The summed E-state index contributed by atoms with van der Waals surface area (Å²) < 4.78 is 1.09. The molecule has 0 aliphatic heterocycles. The number of halogens is 1. The van der Waals surface area contributed by atoms with E-state index in [1.807, 2.05) is 12.1 Å². The second-order valence-electron chi connectivity index (χ2n) is 4.14. The molecule has 2 heteroatoms. The summed E-state index contributed by atoms with van der Waals surface area (Å²) in [5.41, 5.74) is 1.23. The Morgan fingerprint density at radius 3 is 2.36 bits per heavy atom. The Morgan fingerprint density at radius 2 is 1.93 bits per heavy atom. The van der Waals surface area contributed by atoms with Crippen molar-refractivity contribution in [2.45, 2.75) is 25.7 Å². The van der Waals surface area contributed by atoms with Crippen molar-refractivity contribution < 1.29 is 4.79 Å². The van der Waals surface area contributed by atoms with E-state index in [9.17, 15) is 4.79 Å². The van der Waals surface area contributed by atoms with Gasteiger partial charge in [0.1, 0.15) is 6.29 Å². The van der Waals surface area contributed by atoms with Gasteiger partial charge in [0.25, 0.3) is 0 Å². The topological polar surface area (TPSA) is 17.1 Å². The lowest BCUT2D eigenvalue weighted by molar-refractivity contribution is -0.120. The van der Waals surface area contributed by atoms with Gasteiger partial charge in [-0.2, -0.15) is 0 Å². The standard InChI is InChI=1S/C12H13BrO/c13-11-4-2-10(3-5-11)8-12(9-14)6-1-7-12/h2-5,9H,1,6-8H2. The number of carbonyl (C=O) groups excluding carboxylic acids is 1. The van der Waals surface area contributed by atoms with Crippen LogP contribution in [0.1, 0.15) is 24.8 Å². The normalized spacial score (nSPS) is 18.6. The van der Waals surface area contributed by atoms with Crippen LogP contribution in [0.25, 0.3) is 0 Å². The Morgan fingerprint density at radius 1 is 1.29 bits per heavy atom. The van der Waals surface area contributed by atoms with E-state index < -0.39 is 0 Å². The van der Waals surface area contributed by atoms with E-state index in [1.165, 1.54) is 12.0 Å². The summed E-state index contributed by atoms with van der Waals surface area (Å²) in [6.07, 6.45) is 5.39. The Kier molecular flexibility index (Phi) is 2.73. The lowest BCUT2D eigenvalue weighted by Gasteiger charge is -2.36. The molecule has 1 saturated carbocycles. The highest BCUT2D eigenvalue weighted by atomic mass is 79.9. The highest BCUT2D eigenvalue weighted by Gasteiger charge is 2.36. The summed E-state index contributed by atoms with van der Waals surface area (Å²) in [6.45, 7) is 0. The summed E-state index contributed by atoms with van der Waals surface area (Å²) >= 11 is 3.40. The fourth-order valence-electron chi connectivity index (χ4n) is 1.98. The molecule has 2 rings (SSSR count). The number of hydrogen-bond donors (Lipinski definition) is 0. The number of carbonyl (C=O) groups is 1. The molecule has 0 heterocycles. The van der Waals surface area contributed by atoms with E-state index in [-0.39, 0.29) is 5.41 Å². The van der Waals surface area contributed by atoms with E-state index in [4.69, 9.17) is 0 Å². The smallest absolute Gasteiger partial charge is 0.126 e. The molecule has 0 spiro atoms. The lowest BCUT2D eigenvalue weighted by Crippen LogP contribution is -2.33. The third kappa shape index (κ3) is 1.90. The van der Waals surface area contributed by atoms with Crippen molar-refractivity contribution in [1.29, 1.82) is 0 Å². The zero-order valence-electron chi connectivity index (χ0n) is 8.00. The second kappa shape index (κ2) is 3.85. The second-order valence-corrected chi connectivity index (χ2v) is 5.05. The molecule has 0 N–H and O–H groups in total. The molecule has 1 fully saturated rings. The van der Waals surface area contributed by atoms with E-state index in [0.717, 1.165) is 30.0 Å². The van der Waals surface area contributed by atoms with Crippen molar-refractivity contribution >= 4 is 22.2 Å². The van der Waals surface area contributed by atoms with Crippen LogP contribution >= 0.6 is 15.9 Å². The van der Waals surface area contributed by atoms with E-state index in [2.05, 4.69) is 28.1 Å². The zero-order valence-corrected chi connectivity index (χ0v) is 9.59. The van der Waals surface area contributed by atoms with Crippen LogP contribution in [0, 0.1) is 5.41 Å². The molecule has 0 aromatic heterocycles. The third-order valence-electron chi connectivity index (χ3n) is 3.07. The average Bonchev–Trinajstić information content (AvgIpc) is 2.15. The van der Waals surface area contributed by atoms with Crippen molar-refractivity contribution in [2.75, 3.05) is 0 Å². The van der Waals surface area contributed by atoms with Gasteiger partial charge in [-0.1, -0.05) is 34.5 Å². The number of hydrogen-bond acceptors (Lipinski definition) is 1. The average molecular weight is 253 g/mol. The first kappa shape index (κ1) is 9.91. The minimum atomic E-state index is -0.0339. The maximum absolute atomic E-state index is 11.0. The van der Waals surface area contributed by atoms with Crippen molar-refractivity contribution in [3.63, 3.8) is 0 Å². The Balaban J connectivity index is 2.10. The molecule has 14 heavy (non-hydrogen) atoms. The zero-order chi connectivity index (χ0) is 10.0. The van der Waals surface area contributed by atoms with Gasteiger partial charge in [-0.05, 0) is 37.0 Å². The van der Waals surface area contributed by atoms with Crippen molar-refractivity contribution in [3.8, 4) is 0 Å². The quantitative estimate of drug-likeness (QED) is 0.755. The van der Waals surface area contributed by atoms with Crippen LogP contribution in [0.5, 0.6) is 0 Å². The van der Waals surface area contributed by atoms with Crippen molar-refractivity contribution in [2.24, 2.45) is 5.41 Å². The van der Waals surface area contributed by atoms with Crippen LogP contribution in [0.2, 0.25) is 0 Å². The van der Waals surface area contributed by atoms with E-state index in [0.29, 0.717) is 0 Å². The molecule has 0 amide bonds. The Hall–Kier alpha value is -0.630. The summed E-state index contributed by atoms with van der Waals surface area (Å²) in [7, 11) is 0. The molecule has 1 aromatic carbocycles. The first-order valence-electron chi connectivity index (χ1n) is 4.95. The van der Waals surface area contributed by atoms with Gasteiger partial charge in [-0.15, -0.1) is 0 Å². The van der Waals surface area contributed by atoms with Crippen LogP contribution in [0.15, 0.2) is 28.7 Å². The molecule has 0 saturated heterocycles. The molecule has 74 valence electrons. The first-order valence-corrected chi connectivity index (χ1v) is 5.74. The fourth-order valence-corrected chi connectivity index (χ4v) is 2.24. The highest BCUT2D eigenvalue weighted by Crippen LogP contribution is 2.41. The predicted octanol–water partition coefficient (Wildman–Crippen LogP) is 3.36. The molecule has 0 atom stereocenters. The van der Waals surface area contributed by atoms with E-state index >= 15 is 0 Å². The van der Waals surface area contributed by atoms with Gasteiger partial charge in [0.2, 0.25) is 0 Å². The summed E-state index contributed by atoms with van der Waals surface area (Å²) in [6, 6.07) is 8.25. The molecule has 1 aliphatic rings. The van der Waals surface area contributed by atoms with Gasteiger partial charge in [-0.25, -0.2) is 0 Å². The van der Waals surface area contributed by atoms with Gasteiger partial charge in [-0.3, -0.25) is 0 Å². The molecular weight excluding hydrogens is 240 g/mol. The van der Waals surface area contributed by atoms with Gasteiger partial charge in [0.15, 0.2) is 0 Å². The first-order chi connectivity index (χ1) is 6.74. The molecular formula is C12H13BrO. The summed E-state index contributed by atoms with van der Waals surface area (Å²) in [5, 5.41) is 0. The van der Waals surface area contributed by atoms with Gasteiger partial charge in [0, 0.05) is 9.89 Å². The third-order valence-corrected chi connectivity index (χ3v) is 3.60. The Bertz CT molecular complexity index is 325. The van der Waals surface area contributed by atoms with Gasteiger partial charge < -0.3 is 4.79 Å². The largest absolute Gasteiger partial charge is 0.303 e. The monoisotopic (exact) mass is 252 g/mol. The maximum Gasteiger partial charge on any atom is 0.126 e. The molecule has 0 radical (unpaired) electrons. The molecule has 0 bridgehead atoms. The minimum Gasteiger partial charge on any atom is -0.303 e. The minimum absolute atomic E-state index is 0.0339. The van der Waals surface area contributed by atoms with Crippen LogP contribution in [-0.2, 0) is 11.2 Å². The summed E-state index contributed by atoms with van der Waals surface area (Å²) in [4.78, 5) is 11.0. The molecule has 0 unspecified atom stereocenters. The molecule has 1 aliphatic carbocycles. The lowest BCUT2D eigenvalue weighted by atomic mass is 9.66. The fraction of sp³-hybridized carbons (Fsp3) is 0.417. The Labute approximate surface area is 92.6 Å². The van der Waals surface area contributed by atoms with E-state index in [1.54, 1.807) is 0 Å². The highest BCUT2D eigenvalue weighted by molar-refractivity contribution is 9.10. The number of benzene rings is 1. The number of rotatable bonds is 3. The van der Waals surface area contributed by atoms with Crippen LogP contribution in [-0.4, -0.2) is 6.29 Å². The van der Waals surface area contributed by atoms with Crippen LogP contribution in [0.3, 0.4) is 0 Å². The number of aldehydes is 1. The predicted molar refractivity (Wildman–Crippen MR) is 60.2 cm³/mol.